The predicted octanol–water partition coefficient (Wildman–Crippen LogP) is 0.952. The smallest absolute Gasteiger partial charge is 0.148 e. The highest BCUT2D eigenvalue weighted by Gasteiger charge is 2.31. The minimum absolute atomic E-state index is 0.140. The summed E-state index contributed by atoms with van der Waals surface area (Å²) in [5, 5.41) is 13.4. The van der Waals surface area contributed by atoms with Gasteiger partial charge in [0, 0.05) is 19.3 Å². The van der Waals surface area contributed by atoms with Crippen LogP contribution >= 0.6 is 0 Å². The van der Waals surface area contributed by atoms with Crippen LogP contribution in [0.4, 0.5) is 0 Å². The molecule has 1 aliphatic carbocycles. The lowest BCUT2D eigenvalue weighted by Crippen LogP contribution is -2.44. The van der Waals surface area contributed by atoms with Crippen LogP contribution in [0.15, 0.2) is 0 Å². The fraction of sp³-hybridized carbons (Fsp3) is 1.00. The topological polar surface area (TPSA) is 66.4 Å². The van der Waals surface area contributed by atoms with Gasteiger partial charge in [0.2, 0.25) is 0 Å². The molecule has 0 saturated heterocycles. The Hall–Kier alpha value is -0.130. The molecule has 0 heterocycles. The van der Waals surface area contributed by atoms with Gasteiger partial charge in [0.1, 0.15) is 9.84 Å². The zero-order chi connectivity index (χ0) is 12.9. The molecule has 1 saturated carbocycles. The second-order valence-electron chi connectivity index (χ2n) is 5.38. The first-order valence-corrected chi connectivity index (χ1v) is 8.51. The number of nitrogens with one attached hydrogen (secondary N) is 1. The standard InChI is InChI=1S/C12H25NO3S/c1-3-11-4-6-12(14,7-5-11)10-13-8-9-17(2,15)16/h11,13-14H,3-10H2,1-2H3. The molecule has 0 aliphatic heterocycles. The van der Waals surface area contributed by atoms with Crippen LogP contribution in [0, 0.1) is 5.92 Å². The third kappa shape index (κ3) is 5.84. The maximum atomic E-state index is 10.9. The monoisotopic (exact) mass is 263 g/mol. The summed E-state index contributed by atoms with van der Waals surface area (Å²) in [5.74, 6) is 0.895. The van der Waals surface area contributed by atoms with Crippen molar-refractivity contribution in [3.05, 3.63) is 0 Å². The van der Waals surface area contributed by atoms with Gasteiger partial charge in [-0.1, -0.05) is 13.3 Å². The summed E-state index contributed by atoms with van der Waals surface area (Å²) in [7, 11) is -2.90. The van der Waals surface area contributed by atoms with Crippen LogP contribution in [0.3, 0.4) is 0 Å². The van der Waals surface area contributed by atoms with Gasteiger partial charge >= 0.3 is 0 Å². The third-order valence-corrected chi connectivity index (χ3v) is 4.66. The van der Waals surface area contributed by atoms with E-state index >= 15 is 0 Å². The van der Waals surface area contributed by atoms with E-state index in [1.54, 1.807) is 0 Å². The second-order valence-corrected chi connectivity index (χ2v) is 7.64. The average molecular weight is 263 g/mol. The van der Waals surface area contributed by atoms with Crippen molar-refractivity contribution in [1.29, 1.82) is 0 Å². The highest BCUT2D eigenvalue weighted by molar-refractivity contribution is 7.90. The second kappa shape index (κ2) is 6.16. The fourth-order valence-electron chi connectivity index (χ4n) is 2.38. The number of hydrogen-bond donors (Lipinski definition) is 2. The van der Waals surface area contributed by atoms with Crippen molar-refractivity contribution in [2.24, 2.45) is 5.92 Å². The zero-order valence-electron chi connectivity index (χ0n) is 10.9. The molecule has 0 radical (unpaired) electrons. The van der Waals surface area contributed by atoms with Crippen LogP contribution in [0.5, 0.6) is 0 Å². The molecule has 102 valence electrons. The number of hydrogen-bond acceptors (Lipinski definition) is 4. The lowest BCUT2D eigenvalue weighted by molar-refractivity contribution is -0.00811. The summed E-state index contributed by atoms with van der Waals surface area (Å²) in [4.78, 5) is 0. The lowest BCUT2D eigenvalue weighted by Gasteiger charge is -2.36. The Morgan fingerprint density at radius 3 is 2.41 bits per heavy atom. The first kappa shape index (κ1) is 14.9. The Kier molecular flexibility index (Phi) is 5.41. The number of aliphatic hydroxyl groups is 1. The molecule has 0 aromatic rings. The molecule has 0 aromatic heterocycles. The van der Waals surface area contributed by atoms with E-state index < -0.39 is 15.4 Å². The maximum Gasteiger partial charge on any atom is 0.148 e. The van der Waals surface area contributed by atoms with E-state index in [0.717, 1.165) is 31.6 Å². The van der Waals surface area contributed by atoms with E-state index in [1.807, 2.05) is 0 Å². The normalized spacial score (nSPS) is 30.4. The first-order valence-electron chi connectivity index (χ1n) is 6.45. The van der Waals surface area contributed by atoms with Crippen molar-refractivity contribution in [3.63, 3.8) is 0 Å². The van der Waals surface area contributed by atoms with Gasteiger partial charge in [-0.2, -0.15) is 0 Å². The minimum Gasteiger partial charge on any atom is -0.389 e. The summed E-state index contributed by atoms with van der Waals surface area (Å²) in [6.45, 7) is 3.14. The summed E-state index contributed by atoms with van der Waals surface area (Å²) < 4.78 is 21.9. The molecule has 0 spiro atoms. The van der Waals surface area contributed by atoms with Crippen LogP contribution in [0.25, 0.3) is 0 Å². The SMILES string of the molecule is CCC1CCC(O)(CNCCS(C)(=O)=O)CC1. The Labute approximate surface area is 105 Å². The molecular weight excluding hydrogens is 238 g/mol. The highest BCUT2D eigenvalue weighted by Crippen LogP contribution is 2.33. The van der Waals surface area contributed by atoms with Gasteiger partial charge in [0.15, 0.2) is 0 Å². The molecule has 5 heteroatoms. The van der Waals surface area contributed by atoms with E-state index in [1.165, 1.54) is 12.7 Å². The maximum absolute atomic E-state index is 10.9. The molecular formula is C12H25NO3S. The number of rotatable bonds is 6. The van der Waals surface area contributed by atoms with Gasteiger partial charge in [-0.05, 0) is 31.6 Å². The van der Waals surface area contributed by atoms with E-state index in [-0.39, 0.29) is 5.75 Å². The molecule has 0 bridgehead atoms. The lowest BCUT2D eigenvalue weighted by atomic mass is 9.78. The molecule has 1 aliphatic rings. The van der Waals surface area contributed by atoms with E-state index in [9.17, 15) is 13.5 Å². The Balaban J connectivity index is 2.23. The molecule has 0 atom stereocenters. The largest absolute Gasteiger partial charge is 0.389 e. The van der Waals surface area contributed by atoms with Crippen molar-refractivity contribution < 1.29 is 13.5 Å². The van der Waals surface area contributed by atoms with Crippen molar-refractivity contribution in [2.75, 3.05) is 25.1 Å². The van der Waals surface area contributed by atoms with Crippen LogP contribution in [0.2, 0.25) is 0 Å². The van der Waals surface area contributed by atoms with Crippen molar-refractivity contribution in [1.82, 2.24) is 5.32 Å². The van der Waals surface area contributed by atoms with Crippen molar-refractivity contribution in [3.8, 4) is 0 Å². The summed E-state index contributed by atoms with van der Waals surface area (Å²) in [6, 6.07) is 0. The van der Waals surface area contributed by atoms with Gasteiger partial charge < -0.3 is 10.4 Å². The molecule has 4 nitrogen and oxygen atoms in total. The van der Waals surface area contributed by atoms with E-state index in [2.05, 4.69) is 12.2 Å². The molecule has 1 fully saturated rings. The molecule has 2 N–H and O–H groups in total. The molecule has 1 rings (SSSR count). The van der Waals surface area contributed by atoms with Gasteiger partial charge in [0.05, 0.1) is 11.4 Å². The van der Waals surface area contributed by atoms with Crippen molar-refractivity contribution >= 4 is 9.84 Å². The first-order chi connectivity index (χ1) is 7.85. The van der Waals surface area contributed by atoms with Crippen LogP contribution in [-0.2, 0) is 9.84 Å². The average Bonchev–Trinajstić information content (AvgIpc) is 2.25. The quantitative estimate of drug-likeness (QED) is 0.700. The molecule has 0 aromatic carbocycles. The Morgan fingerprint density at radius 2 is 1.94 bits per heavy atom. The summed E-state index contributed by atoms with van der Waals surface area (Å²) >= 11 is 0. The van der Waals surface area contributed by atoms with Crippen LogP contribution in [-0.4, -0.2) is 44.2 Å². The van der Waals surface area contributed by atoms with Gasteiger partial charge in [-0.15, -0.1) is 0 Å². The van der Waals surface area contributed by atoms with Crippen LogP contribution in [0.1, 0.15) is 39.0 Å². The van der Waals surface area contributed by atoms with E-state index in [0.29, 0.717) is 13.1 Å². The third-order valence-electron chi connectivity index (χ3n) is 3.72. The summed E-state index contributed by atoms with van der Waals surface area (Å²) in [5.41, 5.74) is -0.622. The minimum atomic E-state index is -2.90. The van der Waals surface area contributed by atoms with Gasteiger partial charge in [0.25, 0.3) is 0 Å². The molecule has 17 heavy (non-hydrogen) atoms. The summed E-state index contributed by atoms with van der Waals surface area (Å²) in [6.07, 6.45) is 6.25. The van der Waals surface area contributed by atoms with Crippen LogP contribution < -0.4 is 5.32 Å². The predicted molar refractivity (Wildman–Crippen MR) is 69.8 cm³/mol. The Morgan fingerprint density at radius 1 is 1.35 bits per heavy atom. The molecule has 0 unspecified atom stereocenters. The zero-order valence-corrected chi connectivity index (χ0v) is 11.7. The van der Waals surface area contributed by atoms with Gasteiger partial charge in [-0.25, -0.2) is 8.42 Å². The molecule has 0 amide bonds. The van der Waals surface area contributed by atoms with E-state index in [4.69, 9.17) is 0 Å². The number of sulfone groups is 1. The fourth-order valence-corrected chi connectivity index (χ4v) is 2.89. The highest BCUT2D eigenvalue weighted by atomic mass is 32.2. The van der Waals surface area contributed by atoms with Crippen molar-refractivity contribution in [2.45, 2.75) is 44.6 Å². The van der Waals surface area contributed by atoms with Gasteiger partial charge in [-0.3, -0.25) is 0 Å². The Bertz CT molecular complexity index is 319.